The first-order valence-corrected chi connectivity index (χ1v) is 6.64. The average molecular weight is 248 g/mol. The normalized spacial score (nSPS) is 17.1. The molecule has 1 aliphatic rings. The van der Waals surface area contributed by atoms with E-state index >= 15 is 0 Å². The van der Waals surface area contributed by atoms with E-state index in [0.29, 0.717) is 11.4 Å². The van der Waals surface area contributed by atoms with Crippen LogP contribution in [-0.2, 0) is 16.0 Å². The second-order valence-electron chi connectivity index (χ2n) is 4.86. The number of aromatic nitrogens is 1. The van der Waals surface area contributed by atoms with Gasteiger partial charge in [-0.2, -0.15) is 0 Å². The fourth-order valence-electron chi connectivity index (χ4n) is 2.28. The van der Waals surface area contributed by atoms with Gasteiger partial charge in [0.1, 0.15) is 6.10 Å². The lowest BCUT2D eigenvalue weighted by atomic mass is 10.1. The van der Waals surface area contributed by atoms with Crippen LogP contribution >= 0.6 is 0 Å². The summed E-state index contributed by atoms with van der Waals surface area (Å²) in [6.45, 7) is 0. The third-order valence-electron chi connectivity index (χ3n) is 3.27. The fraction of sp³-hybridized carbons (Fsp3) is 0.571. The second-order valence-corrected chi connectivity index (χ2v) is 4.86. The number of hydrogen-bond donors (Lipinski definition) is 1. The molecule has 0 amide bonds. The summed E-state index contributed by atoms with van der Waals surface area (Å²) in [5.41, 5.74) is 6.86. The molecule has 1 heterocycles. The second kappa shape index (κ2) is 6.38. The minimum absolute atomic E-state index is 0.105. The molecule has 4 heteroatoms. The number of carbonyl (C=O) groups excluding carboxylic acids is 1. The highest BCUT2D eigenvalue weighted by Gasteiger charge is 2.17. The van der Waals surface area contributed by atoms with Crippen LogP contribution in [0.3, 0.4) is 0 Å². The van der Waals surface area contributed by atoms with Crippen LogP contribution in [0.2, 0.25) is 0 Å². The minimum atomic E-state index is -0.181. The van der Waals surface area contributed by atoms with Gasteiger partial charge in [0.15, 0.2) is 0 Å². The monoisotopic (exact) mass is 248 g/mol. The van der Waals surface area contributed by atoms with E-state index in [9.17, 15) is 4.79 Å². The Balaban J connectivity index is 1.82. The largest absolute Gasteiger partial charge is 0.462 e. The number of rotatable bonds is 3. The van der Waals surface area contributed by atoms with Gasteiger partial charge in [0.25, 0.3) is 0 Å². The maximum absolute atomic E-state index is 11.8. The van der Waals surface area contributed by atoms with Crippen molar-refractivity contribution in [3.8, 4) is 0 Å². The number of pyridine rings is 1. The van der Waals surface area contributed by atoms with Crippen molar-refractivity contribution in [1.82, 2.24) is 4.98 Å². The van der Waals surface area contributed by atoms with Crippen LogP contribution < -0.4 is 5.73 Å². The molecule has 0 radical (unpaired) electrons. The summed E-state index contributed by atoms with van der Waals surface area (Å²) in [7, 11) is 0. The number of nitrogen functional groups attached to an aromatic ring is 1. The van der Waals surface area contributed by atoms with Crippen molar-refractivity contribution < 1.29 is 9.53 Å². The summed E-state index contributed by atoms with van der Waals surface area (Å²) < 4.78 is 5.50. The maximum Gasteiger partial charge on any atom is 0.312 e. The van der Waals surface area contributed by atoms with Crippen molar-refractivity contribution in [1.29, 1.82) is 0 Å². The first-order chi connectivity index (χ1) is 8.74. The summed E-state index contributed by atoms with van der Waals surface area (Å²) in [5, 5.41) is 0. The molecule has 0 atom stereocenters. The quantitative estimate of drug-likeness (QED) is 0.659. The van der Waals surface area contributed by atoms with E-state index in [1.165, 1.54) is 12.8 Å². The zero-order valence-electron chi connectivity index (χ0n) is 10.6. The zero-order chi connectivity index (χ0) is 12.8. The number of anilines is 1. The Bertz CT molecular complexity index is 381. The molecule has 98 valence electrons. The number of carbonyl (C=O) groups is 1. The molecule has 2 N–H and O–H groups in total. The number of ether oxygens (including phenoxy) is 1. The van der Waals surface area contributed by atoms with Gasteiger partial charge in [-0.15, -0.1) is 0 Å². The minimum Gasteiger partial charge on any atom is -0.462 e. The molecule has 2 rings (SSSR count). The van der Waals surface area contributed by atoms with Crippen molar-refractivity contribution in [3.63, 3.8) is 0 Å². The van der Waals surface area contributed by atoms with Gasteiger partial charge < -0.3 is 10.5 Å². The Hall–Kier alpha value is -1.58. The van der Waals surface area contributed by atoms with E-state index in [0.717, 1.165) is 25.7 Å². The lowest BCUT2D eigenvalue weighted by molar-refractivity contribution is -0.148. The molecule has 1 fully saturated rings. The predicted octanol–water partition coefficient (Wildman–Crippen LogP) is 2.47. The highest BCUT2D eigenvalue weighted by Crippen LogP contribution is 2.20. The van der Waals surface area contributed by atoms with E-state index in [1.54, 1.807) is 18.3 Å². The van der Waals surface area contributed by atoms with Gasteiger partial charge in [-0.1, -0.05) is 12.8 Å². The van der Waals surface area contributed by atoms with Crippen LogP contribution in [0, 0.1) is 0 Å². The molecular formula is C14H20N2O2. The first-order valence-electron chi connectivity index (χ1n) is 6.64. The van der Waals surface area contributed by atoms with Gasteiger partial charge in [0.2, 0.25) is 0 Å². The number of nitrogens with two attached hydrogens (primary N) is 1. The fourth-order valence-corrected chi connectivity index (χ4v) is 2.28. The number of esters is 1. The topological polar surface area (TPSA) is 65.2 Å². The molecule has 1 aliphatic carbocycles. The van der Waals surface area contributed by atoms with Gasteiger partial charge in [-0.05, 0) is 37.8 Å². The first kappa shape index (κ1) is 12.9. The Morgan fingerprint density at radius 3 is 2.61 bits per heavy atom. The van der Waals surface area contributed by atoms with E-state index in [1.807, 2.05) is 0 Å². The Kier molecular flexibility index (Phi) is 4.56. The summed E-state index contributed by atoms with van der Waals surface area (Å²) in [6, 6.07) is 3.52. The molecule has 0 saturated heterocycles. The van der Waals surface area contributed by atoms with Crippen molar-refractivity contribution in [3.05, 3.63) is 24.0 Å². The van der Waals surface area contributed by atoms with Gasteiger partial charge in [-0.25, -0.2) is 0 Å². The van der Waals surface area contributed by atoms with Crippen LogP contribution in [0.4, 0.5) is 5.69 Å². The summed E-state index contributed by atoms with van der Waals surface area (Å²) in [5.74, 6) is -0.181. The van der Waals surface area contributed by atoms with E-state index in [-0.39, 0.29) is 18.5 Å². The molecule has 18 heavy (non-hydrogen) atoms. The van der Waals surface area contributed by atoms with Crippen molar-refractivity contribution >= 4 is 11.7 Å². The lowest BCUT2D eigenvalue weighted by Crippen LogP contribution is -2.19. The van der Waals surface area contributed by atoms with Crippen LogP contribution in [0.5, 0.6) is 0 Å². The molecule has 0 spiro atoms. The Labute approximate surface area is 108 Å². The molecule has 4 nitrogen and oxygen atoms in total. The third kappa shape index (κ3) is 4.02. The van der Waals surface area contributed by atoms with E-state index in [2.05, 4.69) is 4.98 Å². The summed E-state index contributed by atoms with van der Waals surface area (Å²) in [6.07, 6.45) is 8.75. The standard InChI is InChI=1S/C14H20N2O2/c15-11-7-8-12(16-10-11)9-14(17)18-13-5-3-1-2-4-6-13/h7-8,10,13H,1-6,9,15H2. The molecule has 0 aromatic carbocycles. The SMILES string of the molecule is Nc1ccc(CC(=O)OC2CCCCCC2)nc1. The third-order valence-corrected chi connectivity index (χ3v) is 3.27. The molecule has 0 bridgehead atoms. The molecule has 1 aromatic heterocycles. The predicted molar refractivity (Wildman–Crippen MR) is 69.9 cm³/mol. The van der Waals surface area contributed by atoms with Crippen LogP contribution in [-0.4, -0.2) is 17.1 Å². The molecule has 0 aliphatic heterocycles. The molecular weight excluding hydrogens is 228 g/mol. The van der Waals surface area contributed by atoms with E-state index in [4.69, 9.17) is 10.5 Å². The van der Waals surface area contributed by atoms with E-state index < -0.39 is 0 Å². The van der Waals surface area contributed by atoms with Crippen molar-refractivity contribution in [2.75, 3.05) is 5.73 Å². The van der Waals surface area contributed by atoms with Gasteiger partial charge in [0.05, 0.1) is 24.0 Å². The maximum atomic E-state index is 11.8. The van der Waals surface area contributed by atoms with Crippen LogP contribution in [0.25, 0.3) is 0 Å². The summed E-state index contributed by atoms with van der Waals surface area (Å²) in [4.78, 5) is 15.9. The van der Waals surface area contributed by atoms with Crippen molar-refractivity contribution in [2.24, 2.45) is 0 Å². The highest BCUT2D eigenvalue weighted by atomic mass is 16.5. The summed E-state index contributed by atoms with van der Waals surface area (Å²) >= 11 is 0. The number of nitrogens with zero attached hydrogens (tertiary/aromatic N) is 1. The number of hydrogen-bond acceptors (Lipinski definition) is 4. The van der Waals surface area contributed by atoms with Gasteiger partial charge >= 0.3 is 5.97 Å². The van der Waals surface area contributed by atoms with Crippen LogP contribution in [0.15, 0.2) is 18.3 Å². The lowest BCUT2D eigenvalue weighted by Gasteiger charge is -2.15. The molecule has 0 unspecified atom stereocenters. The van der Waals surface area contributed by atoms with Gasteiger partial charge in [-0.3, -0.25) is 9.78 Å². The molecule has 1 aromatic rings. The highest BCUT2D eigenvalue weighted by molar-refractivity contribution is 5.72. The smallest absolute Gasteiger partial charge is 0.312 e. The average Bonchev–Trinajstić information content (AvgIpc) is 2.61. The Morgan fingerprint density at radius 2 is 2.00 bits per heavy atom. The molecule has 1 saturated carbocycles. The van der Waals surface area contributed by atoms with Crippen LogP contribution in [0.1, 0.15) is 44.2 Å². The van der Waals surface area contributed by atoms with Crippen molar-refractivity contribution in [2.45, 2.75) is 51.0 Å². The zero-order valence-corrected chi connectivity index (χ0v) is 10.6. The Morgan fingerprint density at radius 1 is 1.28 bits per heavy atom. The van der Waals surface area contributed by atoms with Gasteiger partial charge in [0, 0.05) is 0 Å².